The monoisotopic (exact) mass is 506 g/mol. The molecule has 206 valence electrons. The summed E-state index contributed by atoms with van der Waals surface area (Å²) in [5.41, 5.74) is 8.29. The Morgan fingerprint density at radius 1 is 0.919 bits per heavy atom. The second-order valence-corrected chi connectivity index (χ2v) is 14.8. The maximum absolute atomic E-state index is 12.9. The molecule has 0 heterocycles. The second-order valence-electron chi connectivity index (χ2n) is 14.8. The van der Waals surface area contributed by atoms with Crippen molar-refractivity contribution >= 4 is 11.6 Å². The smallest absolute Gasteiger partial charge is 0.251 e. The minimum absolute atomic E-state index is 0.0650. The van der Waals surface area contributed by atoms with Gasteiger partial charge in [0, 0.05) is 17.3 Å². The van der Waals surface area contributed by atoms with Gasteiger partial charge in [-0.3, -0.25) is 4.79 Å². The lowest BCUT2D eigenvalue weighted by Crippen LogP contribution is -2.55. The van der Waals surface area contributed by atoms with Gasteiger partial charge < -0.3 is 11.1 Å². The Morgan fingerprint density at radius 2 is 1.62 bits per heavy atom. The molecule has 4 fully saturated rings. The fraction of sp³-hybridized carbons (Fsp3) is 0.794. The predicted molar refractivity (Wildman–Crippen MR) is 155 cm³/mol. The third-order valence-corrected chi connectivity index (χ3v) is 12.4. The van der Waals surface area contributed by atoms with Crippen molar-refractivity contribution in [1.82, 2.24) is 5.32 Å². The van der Waals surface area contributed by atoms with Gasteiger partial charge in [-0.05, 0) is 134 Å². The maximum atomic E-state index is 12.9. The lowest BCUT2D eigenvalue weighted by molar-refractivity contribution is -0.117. The van der Waals surface area contributed by atoms with Crippen LogP contribution in [0.1, 0.15) is 122 Å². The molecule has 5 rings (SSSR count). The molecule has 3 heteroatoms. The number of anilines is 1. The molecule has 0 aromatic heterocycles. The highest BCUT2D eigenvalue weighted by molar-refractivity contribution is 5.94. The molecule has 4 saturated carbocycles. The number of carbonyl (C=O) groups excluding carboxylic acids is 1. The van der Waals surface area contributed by atoms with Crippen LogP contribution in [0.3, 0.4) is 0 Å². The van der Waals surface area contributed by atoms with Crippen LogP contribution < -0.4 is 11.1 Å². The number of nitrogens with one attached hydrogen (secondary N) is 1. The van der Waals surface area contributed by atoms with Gasteiger partial charge in [-0.2, -0.15) is 0 Å². The Kier molecular flexibility index (Phi) is 7.74. The van der Waals surface area contributed by atoms with Crippen molar-refractivity contribution in [2.75, 3.05) is 5.73 Å². The number of carbonyl (C=O) groups is 1. The summed E-state index contributed by atoms with van der Waals surface area (Å²) < 4.78 is 0. The molecule has 1 aromatic carbocycles. The highest BCUT2D eigenvalue weighted by atomic mass is 16.1. The third kappa shape index (κ3) is 5.10. The number of amides is 1. The van der Waals surface area contributed by atoms with Crippen LogP contribution in [-0.2, 0) is 0 Å². The molecule has 0 saturated heterocycles. The van der Waals surface area contributed by atoms with Crippen LogP contribution in [-0.4, -0.2) is 11.9 Å². The van der Waals surface area contributed by atoms with Crippen LogP contribution in [0.15, 0.2) is 24.3 Å². The van der Waals surface area contributed by atoms with Crippen LogP contribution in [0.5, 0.6) is 0 Å². The van der Waals surface area contributed by atoms with E-state index in [-0.39, 0.29) is 5.91 Å². The summed E-state index contributed by atoms with van der Waals surface area (Å²) >= 11 is 0. The van der Waals surface area contributed by atoms with Gasteiger partial charge in [0.25, 0.3) is 5.91 Å². The molecule has 1 amide bonds. The van der Waals surface area contributed by atoms with Crippen LogP contribution in [0.2, 0.25) is 0 Å². The first-order chi connectivity index (χ1) is 17.6. The van der Waals surface area contributed by atoms with E-state index in [0.29, 0.717) is 22.6 Å². The van der Waals surface area contributed by atoms with E-state index in [1.807, 2.05) is 24.3 Å². The van der Waals surface area contributed by atoms with Crippen molar-refractivity contribution in [3.63, 3.8) is 0 Å². The lowest BCUT2D eigenvalue weighted by atomic mass is 9.44. The maximum Gasteiger partial charge on any atom is 0.251 e. The van der Waals surface area contributed by atoms with Crippen molar-refractivity contribution in [3.8, 4) is 0 Å². The van der Waals surface area contributed by atoms with Crippen molar-refractivity contribution in [3.05, 3.63) is 29.8 Å². The van der Waals surface area contributed by atoms with E-state index in [9.17, 15) is 4.79 Å². The molecule has 37 heavy (non-hydrogen) atoms. The fourth-order valence-electron chi connectivity index (χ4n) is 10.3. The molecule has 9 atom stereocenters. The van der Waals surface area contributed by atoms with Crippen molar-refractivity contribution in [2.45, 2.75) is 118 Å². The van der Waals surface area contributed by atoms with E-state index >= 15 is 0 Å². The van der Waals surface area contributed by atoms with E-state index in [1.165, 1.54) is 64.2 Å². The number of nitrogens with two attached hydrogens (primary N) is 1. The lowest BCUT2D eigenvalue weighted by Gasteiger charge is -2.61. The fourth-order valence-corrected chi connectivity index (χ4v) is 10.3. The van der Waals surface area contributed by atoms with Crippen molar-refractivity contribution in [2.24, 2.45) is 52.3 Å². The van der Waals surface area contributed by atoms with Gasteiger partial charge in [0.2, 0.25) is 0 Å². The Morgan fingerprint density at radius 3 is 2.35 bits per heavy atom. The van der Waals surface area contributed by atoms with Crippen LogP contribution in [0, 0.1) is 52.3 Å². The van der Waals surface area contributed by atoms with Gasteiger partial charge in [0.15, 0.2) is 0 Å². The second kappa shape index (κ2) is 10.6. The quantitative estimate of drug-likeness (QED) is 0.364. The molecular weight excluding hydrogens is 452 g/mol. The normalized spacial score (nSPS) is 39.9. The van der Waals surface area contributed by atoms with Crippen molar-refractivity contribution in [1.29, 1.82) is 0 Å². The first-order valence-corrected chi connectivity index (χ1v) is 15.8. The third-order valence-electron chi connectivity index (χ3n) is 12.4. The largest absolute Gasteiger partial charge is 0.399 e. The zero-order chi connectivity index (χ0) is 26.4. The average Bonchev–Trinajstić information content (AvgIpc) is 3.21. The average molecular weight is 507 g/mol. The van der Waals surface area contributed by atoms with Crippen LogP contribution in [0.25, 0.3) is 0 Å². The molecule has 0 spiro atoms. The molecule has 4 aliphatic carbocycles. The highest BCUT2D eigenvalue weighted by Crippen LogP contribution is 2.68. The van der Waals surface area contributed by atoms with E-state index in [0.717, 1.165) is 59.8 Å². The van der Waals surface area contributed by atoms with E-state index in [2.05, 4.69) is 39.9 Å². The Balaban J connectivity index is 1.21. The number of fused-ring (bicyclic) bond motifs is 5. The molecule has 4 aliphatic rings. The first-order valence-electron chi connectivity index (χ1n) is 15.8. The predicted octanol–water partition coefficient (Wildman–Crippen LogP) is 8.49. The van der Waals surface area contributed by atoms with Gasteiger partial charge in [0.05, 0.1) is 0 Å². The topological polar surface area (TPSA) is 55.1 Å². The summed E-state index contributed by atoms with van der Waals surface area (Å²) in [4.78, 5) is 12.9. The molecule has 0 radical (unpaired) electrons. The van der Waals surface area contributed by atoms with Gasteiger partial charge in [-0.25, -0.2) is 0 Å². The Bertz CT molecular complexity index is 940. The number of hydrogen-bond acceptors (Lipinski definition) is 2. The molecule has 1 unspecified atom stereocenters. The van der Waals surface area contributed by atoms with Gasteiger partial charge >= 0.3 is 0 Å². The SMILES string of the molecule is CC(C)CCC[C@@H](C)[C@H]1CC[C@H]2[C@@H]3CCC4C[C@H](NC(=O)c5ccc(N)cc5)CC[C@]4(C)[C@H]3CC[C@]12C. The summed E-state index contributed by atoms with van der Waals surface area (Å²) in [5, 5.41) is 3.38. The van der Waals surface area contributed by atoms with E-state index in [4.69, 9.17) is 5.73 Å². The first kappa shape index (κ1) is 27.1. The van der Waals surface area contributed by atoms with Gasteiger partial charge in [0.1, 0.15) is 0 Å². The Hall–Kier alpha value is -1.51. The highest BCUT2D eigenvalue weighted by Gasteiger charge is 2.60. The molecule has 3 nitrogen and oxygen atoms in total. The van der Waals surface area contributed by atoms with E-state index < -0.39 is 0 Å². The minimum Gasteiger partial charge on any atom is -0.399 e. The summed E-state index contributed by atoms with van der Waals surface area (Å²) in [7, 11) is 0. The Labute approximate surface area is 227 Å². The molecule has 0 aliphatic heterocycles. The molecule has 3 N–H and O–H groups in total. The number of nitrogen functional groups attached to an aromatic ring is 1. The summed E-state index contributed by atoms with van der Waals surface area (Å²) in [6.45, 7) is 12.7. The van der Waals surface area contributed by atoms with Gasteiger partial charge in [-0.1, -0.05) is 53.9 Å². The molecule has 1 aromatic rings. The number of rotatable bonds is 7. The van der Waals surface area contributed by atoms with Crippen LogP contribution in [0.4, 0.5) is 5.69 Å². The minimum atomic E-state index is 0.0650. The summed E-state index contributed by atoms with van der Waals surface area (Å²) in [5.74, 6) is 6.27. The number of benzene rings is 1. The standard InChI is InChI=1S/C34H54N2O/c1-22(2)7-6-8-23(3)29-15-16-30-28-14-11-25-21-27(36-32(37)24-9-12-26(35)13-10-24)17-19-33(25,4)31(28)18-20-34(29,30)5/h9-10,12-13,22-23,25,27-31H,6-8,11,14-21,35H2,1-5H3,(H,36,37)/t23-,25?,27-,28+,29-,30+,31+,33+,34-/m1/s1. The zero-order valence-electron chi connectivity index (χ0n) is 24.4. The van der Waals surface area contributed by atoms with Crippen LogP contribution >= 0.6 is 0 Å². The molecule has 0 bridgehead atoms. The van der Waals surface area contributed by atoms with Gasteiger partial charge in [-0.15, -0.1) is 0 Å². The summed E-state index contributed by atoms with van der Waals surface area (Å²) in [6.07, 6.45) is 16.5. The molecular formula is C34H54N2O. The van der Waals surface area contributed by atoms with E-state index in [1.54, 1.807) is 0 Å². The summed E-state index contributed by atoms with van der Waals surface area (Å²) in [6, 6.07) is 7.66. The van der Waals surface area contributed by atoms with Crippen molar-refractivity contribution < 1.29 is 4.79 Å². The zero-order valence-corrected chi connectivity index (χ0v) is 24.4. The number of hydrogen-bond donors (Lipinski definition) is 2.